The molecule has 1 N–H and O–H groups in total. The minimum absolute atomic E-state index is 0.0251. The number of amides is 1. The molecule has 0 spiro atoms. The van der Waals surface area contributed by atoms with Crippen LogP contribution in [0, 0.1) is 0 Å². The van der Waals surface area contributed by atoms with Crippen LogP contribution in [0.5, 0.6) is 0 Å². The highest BCUT2D eigenvalue weighted by atomic mass is 79.9. The van der Waals surface area contributed by atoms with E-state index in [1.807, 2.05) is 24.3 Å². The second-order valence-electron chi connectivity index (χ2n) is 2.70. The summed E-state index contributed by atoms with van der Waals surface area (Å²) in [6.45, 7) is 1.51. The largest absolute Gasteiger partial charge is 0.296 e. The smallest absolute Gasteiger partial charge is 0.237 e. The number of hydrazine groups is 1. The summed E-state index contributed by atoms with van der Waals surface area (Å²) in [5.41, 5.74) is 3.82. The number of carbonyl (C=O) groups excluding carboxylic acids is 1. The number of halogens is 1. The fourth-order valence-corrected chi connectivity index (χ4v) is 1.06. The molecule has 0 bridgehead atoms. The van der Waals surface area contributed by atoms with Gasteiger partial charge >= 0.3 is 0 Å². The summed E-state index contributed by atoms with van der Waals surface area (Å²) in [7, 11) is 1.68. The van der Waals surface area contributed by atoms with Crippen LogP contribution in [0.25, 0.3) is 0 Å². The van der Waals surface area contributed by atoms with Crippen molar-refractivity contribution in [2.24, 2.45) is 0 Å². The van der Waals surface area contributed by atoms with Crippen molar-refractivity contribution in [2.45, 2.75) is 6.92 Å². The van der Waals surface area contributed by atoms with Gasteiger partial charge in [0.05, 0.1) is 5.69 Å². The topological polar surface area (TPSA) is 32.3 Å². The zero-order chi connectivity index (χ0) is 9.84. The van der Waals surface area contributed by atoms with Gasteiger partial charge in [-0.3, -0.25) is 15.2 Å². The van der Waals surface area contributed by atoms with Crippen LogP contribution in [-0.4, -0.2) is 18.0 Å². The summed E-state index contributed by atoms with van der Waals surface area (Å²) in [6, 6.07) is 7.61. The summed E-state index contributed by atoms with van der Waals surface area (Å²) in [4.78, 5) is 10.9. The van der Waals surface area contributed by atoms with Crippen molar-refractivity contribution in [2.75, 3.05) is 12.5 Å². The van der Waals surface area contributed by atoms with Gasteiger partial charge in [-0.2, -0.15) is 0 Å². The third-order valence-corrected chi connectivity index (χ3v) is 2.14. The summed E-state index contributed by atoms with van der Waals surface area (Å²) >= 11 is 3.33. The molecular formula is C9H11BrN2O. The molecule has 3 nitrogen and oxygen atoms in total. The maximum atomic E-state index is 10.9. The molecule has 1 aromatic rings. The van der Waals surface area contributed by atoms with E-state index in [1.54, 1.807) is 7.05 Å². The van der Waals surface area contributed by atoms with E-state index in [2.05, 4.69) is 21.4 Å². The first kappa shape index (κ1) is 10.1. The Morgan fingerprint density at radius 3 is 2.38 bits per heavy atom. The molecule has 0 fully saturated rings. The Bertz CT molecular complexity index is 297. The second kappa shape index (κ2) is 4.28. The van der Waals surface area contributed by atoms with E-state index in [1.165, 1.54) is 11.9 Å². The molecule has 4 heteroatoms. The normalized spacial score (nSPS) is 9.46. The molecular weight excluding hydrogens is 232 g/mol. The Morgan fingerprint density at radius 1 is 1.38 bits per heavy atom. The van der Waals surface area contributed by atoms with Gasteiger partial charge in [-0.05, 0) is 24.3 Å². The lowest BCUT2D eigenvalue weighted by atomic mass is 10.3. The van der Waals surface area contributed by atoms with E-state index in [-0.39, 0.29) is 5.91 Å². The average molecular weight is 243 g/mol. The standard InChI is InChI=1S/C9H11BrN2O/c1-7(13)12(2)11-9-5-3-8(10)4-6-9/h3-6,11H,1-2H3. The summed E-state index contributed by atoms with van der Waals surface area (Å²) in [5, 5.41) is 1.43. The molecule has 1 rings (SSSR count). The third kappa shape index (κ3) is 3.06. The molecule has 0 aliphatic carbocycles. The molecule has 0 aliphatic rings. The van der Waals surface area contributed by atoms with Gasteiger partial charge in [-0.25, -0.2) is 0 Å². The Hall–Kier alpha value is -1.03. The molecule has 0 aromatic heterocycles. The number of hydrogen-bond acceptors (Lipinski definition) is 2. The SMILES string of the molecule is CC(=O)N(C)Nc1ccc(Br)cc1. The number of hydrogen-bond donors (Lipinski definition) is 1. The van der Waals surface area contributed by atoms with E-state index in [0.29, 0.717) is 0 Å². The molecule has 0 saturated heterocycles. The van der Waals surface area contributed by atoms with Crippen LogP contribution in [0.3, 0.4) is 0 Å². The van der Waals surface area contributed by atoms with Gasteiger partial charge in [-0.1, -0.05) is 15.9 Å². The molecule has 0 aliphatic heterocycles. The first-order valence-corrected chi connectivity index (χ1v) is 4.65. The molecule has 1 aromatic carbocycles. The van der Waals surface area contributed by atoms with Gasteiger partial charge in [0.2, 0.25) is 5.91 Å². The van der Waals surface area contributed by atoms with Gasteiger partial charge < -0.3 is 0 Å². The quantitative estimate of drug-likeness (QED) is 0.808. The van der Waals surface area contributed by atoms with E-state index in [9.17, 15) is 4.79 Å². The predicted molar refractivity (Wildman–Crippen MR) is 56.2 cm³/mol. The van der Waals surface area contributed by atoms with Gasteiger partial charge in [-0.15, -0.1) is 0 Å². The van der Waals surface area contributed by atoms with Crippen LogP contribution in [0.4, 0.5) is 5.69 Å². The minimum Gasteiger partial charge on any atom is -0.296 e. The highest BCUT2D eigenvalue weighted by Crippen LogP contribution is 2.14. The van der Waals surface area contributed by atoms with Crippen molar-refractivity contribution in [1.82, 2.24) is 5.01 Å². The first-order valence-electron chi connectivity index (χ1n) is 3.86. The van der Waals surface area contributed by atoms with Gasteiger partial charge in [0.15, 0.2) is 0 Å². The van der Waals surface area contributed by atoms with Crippen LogP contribution in [0.2, 0.25) is 0 Å². The zero-order valence-electron chi connectivity index (χ0n) is 7.54. The summed E-state index contributed by atoms with van der Waals surface area (Å²) in [6.07, 6.45) is 0. The Labute approximate surface area is 85.8 Å². The second-order valence-corrected chi connectivity index (χ2v) is 3.61. The molecule has 13 heavy (non-hydrogen) atoms. The number of nitrogens with zero attached hydrogens (tertiary/aromatic N) is 1. The van der Waals surface area contributed by atoms with Crippen LogP contribution >= 0.6 is 15.9 Å². The Morgan fingerprint density at radius 2 is 1.92 bits per heavy atom. The van der Waals surface area contributed by atoms with E-state index >= 15 is 0 Å². The number of benzene rings is 1. The summed E-state index contributed by atoms with van der Waals surface area (Å²) in [5.74, 6) is -0.0251. The molecule has 0 unspecified atom stereocenters. The van der Waals surface area contributed by atoms with E-state index < -0.39 is 0 Å². The number of carbonyl (C=O) groups is 1. The summed E-state index contributed by atoms with van der Waals surface area (Å²) < 4.78 is 1.02. The van der Waals surface area contributed by atoms with Crippen LogP contribution in [0.1, 0.15) is 6.92 Å². The highest BCUT2D eigenvalue weighted by Gasteiger charge is 2.00. The van der Waals surface area contributed by atoms with Crippen LogP contribution in [0.15, 0.2) is 28.7 Å². The molecule has 0 saturated carbocycles. The van der Waals surface area contributed by atoms with Crippen molar-refractivity contribution in [3.8, 4) is 0 Å². The fraction of sp³-hybridized carbons (Fsp3) is 0.222. The third-order valence-electron chi connectivity index (χ3n) is 1.61. The van der Waals surface area contributed by atoms with Crippen LogP contribution in [-0.2, 0) is 4.79 Å². The monoisotopic (exact) mass is 242 g/mol. The minimum atomic E-state index is -0.0251. The number of nitrogens with one attached hydrogen (secondary N) is 1. The van der Waals surface area contributed by atoms with Crippen molar-refractivity contribution in [3.63, 3.8) is 0 Å². The lowest BCUT2D eigenvalue weighted by molar-refractivity contribution is -0.126. The number of rotatable bonds is 2. The maximum absolute atomic E-state index is 10.9. The molecule has 0 heterocycles. The highest BCUT2D eigenvalue weighted by molar-refractivity contribution is 9.10. The van der Waals surface area contributed by atoms with Crippen molar-refractivity contribution in [3.05, 3.63) is 28.7 Å². The molecule has 70 valence electrons. The zero-order valence-corrected chi connectivity index (χ0v) is 9.13. The Kier molecular flexibility index (Phi) is 3.31. The first-order chi connectivity index (χ1) is 6.09. The molecule has 0 atom stereocenters. The van der Waals surface area contributed by atoms with Gasteiger partial charge in [0, 0.05) is 18.4 Å². The van der Waals surface area contributed by atoms with Crippen molar-refractivity contribution < 1.29 is 4.79 Å². The predicted octanol–water partition coefficient (Wildman–Crippen LogP) is 2.25. The van der Waals surface area contributed by atoms with E-state index in [0.717, 1.165) is 10.2 Å². The molecule has 1 amide bonds. The van der Waals surface area contributed by atoms with Crippen molar-refractivity contribution >= 4 is 27.5 Å². The number of anilines is 1. The van der Waals surface area contributed by atoms with E-state index in [4.69, 9.17) is 0 Å². The Balaban J connectivity index is 2.64. The lowest BCUT2D eigenvalue weighted by Gasteiger charge is -2.17. The lowest BCUT2D eigenvalue weighted by Crippen LogP contribution is -2.29. The van der Waals surface area contributed by atoms with Crippen LogP contribution < -0.4 is 5.43 Å². The fourth-order valence-electron chi connectivity index (χ4n) is 0.797. The maximum Gasteiger partial charge on any atom is 0.237 e. The molecule has 0 radical (unpaired) electrons. The van der Waals surface area contributed by atoms with Gasteiger partial charge in [0.1, 0.15) is 0 Å². The van der Waals surface area contributed by atoms with Crippen molar-refractivity contribution in [1.29, 1.82) is 0 Å². The van der Waals surface area contributed by atoms with Gasteiger partial charge in [0.25, 0.3) is 0 Å². The average Bonchev–Trinajstić information content (AvgIpc) is 2.08.